The molecule has 9 heteroatoms. The lowest BCUT2D eigenvalue weighted by atomic mass is 9.87. The molecule has 0 saturated carbocycles. The molecule has 0 spiro atoms. The summed E-state index contributed by atoms with van der Waals surface area (Å²) in [6.45, 7) is 4.86. The maximum absolute atomic E-state index is 13.5. The number of fused-ring (bicyclic) bond motifs is 1. The summed E-state index contributed by atoms with van der Waals surface area (Å²) in [6.07, 6.45) is -4.38. The summed E-state index contributed by atoms with van der Waals surface area (Å²) in [5.74, 6) is -0.386. The van der Waals surface area contributed by atoms with Crippen LogP contribution < -0.4 is 0 Å². The van der Waals surface area contributed by atoms with E-state index in [9.17, 15) is 22.4 Å². The summed E-state index contributed by atoms with van der Waals surface area (Å²) in [5, 5.41) is 0. The van der Waals surface area contributed by atoms with Gasteiger partial charge in [-0.05, 0) is 60.0 Å². The van der Waals surface area contributed by atoms with Gasteiger partial charge in [-0.1, -0.05) is 30.3 Å². The van der Waals surface area contributed by atoms with Crippen molar-refractivity contribution in [2.24, 2.45) is 0 Å². The number of carbonyl (C=O) groups is 1. The molecule has 4 aromatic rings. The summed E-state index contributed by atoms with van der Waals surface area (Å²) in [7, 11) is 0. The second kappa shape index (κ2) is 10.6. The minimum absolute atomic E-state index is 0.0709. The minimum Gasteiger partial charge on any atom is -0.439 e. The molecule has 38 heavy (non-hydrogen) atoms. The van der Waals surface area contributed by atoms with Crippen molar-refractivity contribution in [2.75, 3.05) is 26.2 Å². The van der Waals surface area contributed by atoms with Crippen LogP contribution in [-0.2, 0) is 17.5 Å². The number of benzene rings is 3. The number of amides is 1. The van der Waals surface area contributed by atoms with E-state index in [0.29, 0.717) is 49.7 Å². The SMILES string of the molecule is Cc1ccc2nc(CN3CCN(C(=O)CC(c4ccc(F)cc4)c4ccc(C(F)(F)F)cc4)CC3)oc2c1. The van der Waals surface area contributed by atoms with Gasteiger partial charge in [0.25, 0.3) is 0 Å². The molecule has 0 bridgehead atoms. The van der Waals surface area contributed by atoms with Gasteiger partial charge in [0.15, 0.2) is 5.58 Å². The molecule has 1 aliphatic rings. The average Bonchev–Trinajstić information content (AvgIpc) is 3.29. The molecule has 2 heterocycles. The first-order valence-electron chi connectivity index (χ1n) is 12.4. The van der Waals surface area contributed by atoms with Crippen LogP contribution in [0.4, 0.5) is 17.6 Å². The maximum atomic E-state index is 13.5. The third-order valence-electron chi connectivity index (χ3n) is 6.96. The monoisotopic (exact) mass is 525 g/mol. The van der Waals surface area contributed by atoms with Gasteiger partial charge in [0.05, 0.1) is 12.1 Å². The Kier molecular flexibility index (Phi) is 7.21. The number of nitrogens with zero attached hydrogens (tertiary/aromatic N) is 3. The second-order valence-electron chi connectivity index (χ2n) is 9.66. The zero-order valence-corrected chi connectivity index (χ0v) is 20.8. The Morgan fingerprint density at radius 3 is 2.21 bits per heavy atom. The number of carbonyl (C=O) groups excluding carboxylic acids is 1. The summed E-state index contributed by atoms with van der Waals surface area (Å²) in [4.78, 5) is 21.8. The first-order valence-corrected chi connectivity index (χ1v) is 12.4. The van der Waals surface area contributed by atoms with Crippen molar-refractivity contribution in [1.82, 2.24) is 14.8 Å². The fourth-order valence-corrected chi connectivity index (χ4v) is 4.83. The van der Waals surface area contributed by atoms with E-state index in [2.05, 4.69) is 9.88 Å². The molecule has 3 aromatic carbocycles. The molecule has 1 saturated heterocycles. The van der Waals surface area contributed by atoms with E-state index in [1.807, 2.05) is 25.1 Å². The average molecular weight is 526 g/mol. The fraction of sp³-hybridized carbons (Fsp3) is 0.310. The number of oxazole rings is 1. The van der Waals surface area contributed by atoms with Crippen LogP contribution >= 0.6 is 0 Å². The van der Waals surface area contributed by atoms with Gasteiger partial charge in [-0.25, -0.2) is 9.37 Å². The highest BCUT2D eigenvalue weighted by atomic mass is 19.4. The Balaban J connectivity index is 1.25. The number of aromatic nitrogens is 1. The van der Waals surface area contributed by atoms with Crippen molar-refractivity contribution in [2.45, 2.75) is 32.0 Å². The van der Waals surface area contributed by atoms with E-state index in [4.69, 9.17) is 4.42 Å². The van der Waals surface area contributed by atoms with Crippen LogP contribution in [0.25, 0.3) is 11.1 Å². The number of aryl methyl sites for hydroxylation is 1. The number of halogens is 4. The Morgan fingerprint density at radius 2 is 1.58 bits per heavy atom. The van der Waals surface area contributed by atoms with Gasteiger partial charge in [0.2, 0.25) is 11.8 Å². The molecule has 0 N–H and O–H groups in total. The van der Waals surface area contributed by atoms with E-state index >= 15 is 0 Å². The van der Waals surface area contributed by atoms with Crippen LogP contribution in [0, 0.1) is 12.7 Å². The Bertz CT molecular complexity index is 1410. The Morgan fingerprint density at radius 1 is 0.947 bits per heavy atom. The maximum Gasteiger partial charge on any atom is 0.416 e. The van der Waals surface area contributed by atoms with Crippen LogP contribution in [-0.4, -0.2) is 46.9 Å². The van der Waals surface area contributed by atoms with Gasteiger partial charge in [-0.2, -0.15) is 13.2 Å². The quantitative estimate of drug-likeness (QED) is 0.283. The van der Waals surface area contributed by atoms with Crippen molar-refractivity contribution in [1.29, 1.82) is 0 Å². The minimum atomic E-state index is -4.45. The van der Waals surface area contributed by atoms with Crippen molar-refractivity contribution < 1.29 is 26.8 Å². The molecule has 1 aromatic heterocycles. The standard InChI is InChI=1S/C29H27F4N3O2/c1-19-2-11-25-26(16-19)38-27(34-25)18-35-12-14-36(15-13-35)28(37)17-24(21-5-9-23(30)10-6-21)20-3-7-22(8-4-20)29(31,32)33/h2-11,16,24H,12-15,17-18H2,1H3. The molecule has 5 rings (SSSR count). The predicted molar refractivity (Wildman–Crippen MR) is 135 cm³/mol. The molecule has 1 fully saturated rings. The molecular formula is C29H27F4N3O2. The van der Waals surface area contributed by atoms with Crippen LogP contribution in [0.2, 0.25) is 0 Å². The zero-order valence-electron chi connectivity index (χ0n) is 20.8. The normalized spacial score (nSPS) is 15.7. The van der Waals surface area contributed by atoms with E-state index in [-0.39, 0.29) is 12.3 Å². The summed E-state index contributed by atoms with van der Waals surface area (Å²) >= 11 is 0. The first kappa shape index (κ1) is 25.9. The fourth-order valence-electron chi connectivity index (χ4n) is 4.83. The van der Waals surface area contributed by atoms with Gasteiger partial charge < -0.3 is 9.32 Å². The molecule has 1 unspecified atom stereocenters. The van der Waals surface area contributed by atoms with Crippen LogP contribution in [0.15, 0.2) is 71.1 Å². The van der Waals surface area contributed by atoms with E-state index < -0.39 is 23.5 Å². The van der Waals surface area contributed by atoms with Crippen molar-refractivity contribution in [3.8, 4) is 0 Å². The van der Waals surface area contributed by atoms with E-state index in [0.717, 1.165) is 28.8 Å². The topological polar surface area (TPSA) is 49.6 Å². The highest BCUT2D eigenvalue weighted by Crippen LogP contribution is 2.33. The molecule has 0 radical (unpaired) electrons. The third-order valence-corrected chi connectivity index (χ3v) is 6.96. The lowest BCUT2D eigenvalue weighted by molar-refractivity contribution is -0.137. The molecular weight excluding hydrogens is 498 g/mol. The largest absolute Gasteiger partial charge is 0.439 e. The number of rotatable bonds is 6. The van der Waals surface area contributed by atoms with Crippen molar-refractivity contribution in [3.63, 3.8) is 0 Å². The second-order valence-corrected chi connectivity index (χ2v) is 9.66. The third kappa shape index (κ3) is 5.88. The first-order chi connectivity index (χ1) is 18.2. The Hall–Kier alpha value is -3.72. The number of hydrogen-bond donors (Lipinski definition) is 0. The number of alkyl halides is 3. The highest BCUT2D eigenvalue weighted by Gasteiger charge is 2.31. The van der Waals surface area contributed by atoms with Gasteiger partial charge >= 0.3 is 6.18 Å². The number of piperazine rings is 1. The number of hydrogen-bond acceptors (Lipinski definition) is 4. The van der Waals surface area contributed by atoms with Gasteiger partial charge in [-0.3, -0.25) is 9.69 Å². The van der Waals surface area contributed by atoms with Crippen LogP contribution in [0.3, 0.4) is 0 Å². The van der Waals surface area contributed by atoms with E-state index in [1.54, 1.807) is 17.0 Å². The summed E-state index contributed by atoms with van der Waals surface area (Å²) in [5.41, 5.74) is 3.16. The lowest BCUT2D eigenvalue weighted by Gasteiger charge is -2.35. The highest BCUT2D eigenvalue weighted by molar-refractivity contribution is 5.78. The van der Waals surface area contributed by atoms with Crippen LogP contribution in [0.5, 0.6) is 0 Å². The smallest absolute Gasteiger partial charge is 0.416 e. The van der Waals surface area contributed by atoms with Crippen molar-refractivity contribution >= 4 is 17.0 Å². The summed E-state index contributed by atoms with van der Waals surface area (Å²) in [6, 6.07) is 16.4. The predicted octanol–water partition coefficient (Wildman–Crippen LogP) is 6.16. The summed E-state index contributed by atoms with van der Waals surface area (Å²) < 4.78 is 58.6. The van der Waals surface area contributed by atoms with E-state index in [1.165, 1.54) is 24.3 Å². The van der Waals surface area contributed by atoms with Gasteiger partial charge in [-0.15, -0.1) is 0 Å². The molecule has 0 aliphatic carbocycles. The Labute approximate surface area is 217 Å². The molecule has 5 nitrogen and oxygen atoms in total. The molecule has 1 amide bonds. The van der Waals surface area contributed by atoms with Gasteiger partial charge in [0.1, 0.15) is 11.3 Å². The molecule has 1 aliphatic heterocycles. The molecule has 198 valence electrons. The van der Waals surface area contributed by atoms with Crippen molar-refractivity contribution in [3.05, 3.63) is 101 Å². The molecule has 1 atom stereocenters. The van der Waals surface area contributed by atoms with Crippen LogP contribution in [0.1, 0.15) is 40.5 Å². The lowest BCUT2D eigenvalue weighted by Crippen LogP contribution is -2.48. The zero-order chi connectivity index (χ0) is 26.9. The van der Waals surface area contributed by atoms with Gasteiger partial charge in [0, 0.05) is 38.5 Å².